The van der Waals surface area contributed by atoms with Crippen LogP contribution in [0.5, 0.6) is 0 Å². The lowest BCUT2D eigenvalue weighted by atomic mass is 9.96. The van der Waals surface area contributed by atoms with Crippen LogP contribution in [0.4, 0.5) is 10.1 Å². The molecule has 1 heterocycles. The summed E-state index contributed by atoms with van der Waals surface area (Å²) >= 11 is 12.2. The van der Waals surface area contributed by atoms with Gasteiger partial charge in [-0.15, -0.1) is 0 Å². The van der Waals surface area contributed by atoms with E-state index in [0.29, 0.717) is 28.8 Å². The number of rotatable bonds is 4. The lowest BCUT2D eigenvalue weighted by Crippen LogP contribution is -2.40. The number of carbonyl (C=O) groups excluding carboxylic acids is 1. The SMILES string of the molecule is O=C(Nc1ccc(F)cc1)[C@H]1CCCN(Cc2ccc(Cl)cc2Cl)C1. The highest BCUT2D eigenvalue weighted by Gasteiger charge is 2.26. The van der Waals surface area contributed by atoms with Crippen LogP contribution in [-0.4, -0.2) is 23.9 Å². The van der Waals surface area contributed by atoms with E-state index in [1.807, 2.05) is 12.1 Å². The Morgan fingerprint density at radius 2 is 1.96 bits per heavy atom. The van der Waals surface area contributed by atoms with Crippen molar-refractivity contribution in [3.05, 3.63) is 63.9 Å². The molecule has 1 aliphatic rings. The first-order chi connectivity index (χ1) is 12.0. The quantitative estimate of drug-likeness (QED) is 0.810. The van der Waals surface area contributed by atoms with E-state index in [9.17, 15) is 9.18 Å². The van der Waals surface area contributed by atoms with Crippen LogP contribution in [0.15, 0.2) is 42.5 Å². The van der Waals surface area contributed by atoms with Crippen molar-refractivity contribution in [3.63, 3.8) is 0 Å². The minimum atomic E-state index is -0.318. The molecule has 0 bridgehead atoms. The molecule has 3 rings (SSSR count). The summed E-state index contributed by atoms with van der Waals surface area (Å²) in [5.74, 6) is -0.440. The average molecular weight is 381 g/mol. The number of nitrogens with zero attached hydrogens (tertiary/aromatic N) is 1. The van der Waals surface area contributed by atoms with Crippen LogP contribution in [0.25, 0.3) is 0 Å². The van der Waals surface area contributed by atoms with Gasteiger partial charge in [-0.2, -0.15) is 0 Å². The normalized spacial score (nSPS) is 18.1. The molecule has 0 saturated carbocycles. The minimum absolute atomic E-state index is 0.0292. The monoisotopic (exact) mass is 380 g/mol. The standard InChI is InChI=1S/C19H19Cl2FN2O/c20-15-4-3-13(18(21)10-15)11-24-9-1-2-14(12-24)19(25)23-17-7-5-16(22)6-8-17/h3-8,10,14H,1-2,9,11-12H2,(H,23,25)/t14-/m0/s1. The van der Waals surface area contributed by atoms with Crippen molar-refractivity contribution in [3.8, 4) is 0 Å². The number of carbonyl (C=O) groups is 1. The highest BCUT2D eigenvalue weighted by molar-refractivity contribution is 6.35. The molecule has 2 aromatic carbocycles. The van der Waals surface area contributed by atoms with Crippen LogP contribution < -0.4 is 5.32 Å². The molecule has 0 spiro atoms. The number of hydrogen-bond donors (Lipinski definition) is 1. The van der Waals surface area contributed by atoms with Crippen molar-refractivity contribution in [1.82, 2.24) is 4.90 Å². The Hall–Kier alpha value is -1.62. The van der Waals surface area contributed by atoms with Crippen LogP contribution >= 0.6 is 23.2 Å². The van der Waals surface area contributed by atoms with E-state index in [4.69, 9.17) is 23.2 Å². The second-order valence-electron chi connectivity index (χ2n) is 6.31. The molecular weight excluding hydrogens is 362 g/mol. The number of nitrogens with one attached hydrogen (secondary N) is 1. The molecule has 132 valence electrons. The lowest BCUT2D eigenvalue weighted by Gasteiger charge is -2.32. The van der Waals surface area contributed by atoms with E-state index < -0.39 is 0 Å². The number of benzene rings is 2. The van der Waals surface area contributed by atoms with Gasteiger partial charge in [0.1, 0.15) is 5.82 Å². The summed E-state index contributed by atoms with van der Waals surface area (Å²) in [5, 5.41) is 4.12. The van der Waals surface area contributed by atoms with Crippen LogP contribution in [0, 0.1) is 11.7 Å². The van der Waals surface area contributed by atoms with Gasteiger partial charge in [-0.25, -0.2) is 4.39 Å². The van der Waals surface area contributed by atoms with Crippen LogP contribution in [0.2, 0.25) is 10.0 Å². The third kappa shape index (κ3) is 4.94. The van der Waals surface area contributed by atoms with Gasteiger partial charge >= 0.3 is 0 Å². The predicted molar refractivity (Wildman–Crippen MR) is 99.5 cm³/mol. The summed E-state index contributed by atoms with van der Waals surface area (Å²) in [6.45, 7) is 2.29. The maximum Gasteiger partial charge on any atom is 0.228 e. The summed E-state index contributed by atoms with van der Waals surface area (Å²) < 4.78 is 13.0. The zero-order valence-electron chi connectivity index (χ0n) is 13.6. The van der Waals surface area contributed by atoms with Crippen LogP contribution in [-0.2, 0) is 11.3 Å². The minimum Gasteiger partial charge on any atom is -0.326 e. The fourth-order valence-corrected chi connectivity index (χ4v) is 3.55. The number of halogens is 3. The van der Waals surface area contributed by atoms with Gasteiger partial charge in [0.25, 0.3) is 0 Å². The summed E-state index contributed by atoms with van der Waals surface area (Å²) in [6.07, 6.45) is 1.80. The van der Waals surface area contributed by atoms with E-state index in [1.165, 1.54) is 12.1 Å². The van der Waals surface area contributed by atoms with Crippen LogP contribution in [0.3, 0.4) is 0 Å². The summed E-state index contributed by atoms with van der Waals surface area (Å²) in [4.78, 5) is 14.7. The fraction of sp³-hybridized carbons (Fsp3) is 0.316. The van der Waals surface area contributed by atoms with E-state index in [1.54, 1.807) is 18.2 Å². The topological polar surface area (TPSA) is 32.3 Å². The molecule has 2 aromatic rings. The molecule has 1 atom stereocenters. The molecular formula is C19H19Cl2FN2O. The summed E-state index contributed by atoms with van der Waals surface area (Å²) in [7, 11) is 0. The van der Waals surface area contributed by atoms with Gasteiger partial charge in [0.2, 0.25) is 5.91 Å². The Kier molecular flexibility index (Phi) is 5.94. The zero-order chi connectivity index (χ0) is 17.8. The average Bonchev–Trinajstić information content (AvgIpc) is 2.60. The fourth-order valence-electron chi connectivity index (χ4n) is 3.08. The van der Waals surface area contributed by atoms with E-state index >= 15 is 0 Å². The molecule has 0 unspecified atom stereocenters. The number of amides is 1. The molecule has 1 amide bonds. The number of piperidine rings is 1. The maximum absolute atomic E-state index is 13.0. The van der Waals surface area contributed by atoms with Gasteiger partial charge in [0, 0.05) is 28.8 Å². The third-order valence-corrected chi connectivity index (χ3v) is 4.98. The van der Waals surface area contributed by atoms with Gasteiger partial charge in [0.05, 0.1) is 5.92 Å². The summed E-state index contributed by atoms with van der Waals surface area (Å²) in [5.41, 5.74) is 1.62. The van der Waals surface area contributed by atoms with Gasteiger partial charge in [-0.1, -0.05) is 29.3 Å². The Balaban J connectivity index is 1.60. The smallest absolute Gasteiger partial charge is 0.228 e. The van der Waals surface area contributed by atoms with Crippen molar-refractivity contribution < 1.29 is 9.18 Å². The first-order valence-corrected chi connectivity index (χ1v) is 8.99. The molecule has 25 heavy (non-hydrogen) atoms. The Bertz CT molecular complexity index is 752. The largest absolute Gasteiger partial charge is 0.326 e. The van der Waals surface area contributed by atoms with Crippen molar-refractivity contribution in [2.75, 3.05) is 18.4 Å². The Morgan fingerprint density at radius 1 is 1.20 bits per heavy atom. The first-order valence-electron chi connectivity index (χ1n) is 8.24. The van der Waals surface area contributed by atoms with E-state index in [-0.39, 0.29) is 17.6 Å². The molecule has 0 aromatic heterocycles. The highest BCUT2D eigenvalue weighted by atomic mass is 35.5. The first kappa shape index (κ1) is 18.2. The van der Waals surface area contributed by atoms with Gasteiger partial charge < -0.3 is 5.32 Å². The predicted octanol–water partition coefficient (Wildman–Crippen LogP) is 4.98. The highest BCUT2D eigenvalue weighted by Crippen LogP contribution is 2.25. The van der Waals surface area contributed by atoms with Crippen molar-refractivity contribution in [1.29, 1.82) is 0 Å². The van der Waals surface area contributed by atoms with Gasteiger partial charge in [-0.05, 0) is 61.3 Å². The molecule has 6 heteroatoms. The second-order valence-corrected chi connectivity index (χ2v) is 7.15. The maximum atomic E-state index is 13.0. The molecule has 1 saturated heterocycles. The second kappa shape index (κ2) is 8.17. The van der Waals surface area contributed by atoms with Gasteiger partial charge in [-0.3, -0.25) is 9.69 Å². The number of anilines is 1. The van der Waals surface area contributed by atoms with Crippen LogP contribution in [0.1, 0.15) is 18.4 Å². The molecule has 0 radical (unpaired) electrons. The van der Waals surface area contributed by atoms with E-state index in [0.717, 1.165) is 24.9 Å². The summed E-state index contributed by atoms with van der Waals surface area (Å²) in [6, 6.07) is 11.3. The molecule has 1 aliphatic heterocycles. The van der Waals surface area contributed by atoms with Crippen molar-refractivity contribution in [2.24, 2.45) is 5.92 Å². The third-order valence-electron chi connectivity index (χ3n) is 4.40. The zero-order valence-corrected chi connectivity index (χ0v) is 15.2. The molecule has 1 N–H and O–H groups in total. The van der Waals surface area contributed by atoms with E-state index in [2.05, 4.69) is 10.2 Å². The van der Waals surface area contributed by atoms with Crippen molar-refractivity contribution >= 4 is 34.8 Å². The molecule has 3 nitrogen and oxygen atoms in total. The lowest BCUT2D eigenvalue weighted by molar-refractivity contribution is -0.121. The number of hydrogen-bond acceptors (Lipinski definition) is 2. The Labute approximate surface area is 156 Å². The Morgan fingerprint density at radius 3 is 2.68 bits per heavy atom. The van der Waals surface area contributed by atoms with Gasteiger partial charge in [0.15, 0.2) is 0 Å². The number of likely N-dealkylation sites (tertiary alicyclic amines) is 1. The molecule has 1 fully saturated rings. The molecule has 0 aliphatic carbocycles. The van der Waals surface area contributed by atoms with Crippen molar-refractivity contribution in [2.45, 2.75) is 19.4 Å².